The first-order chi connectivity index (χ1) is 22.0. The highest BCUT2D eigenvalue weighted by Crippen LogP contribution is 2.32. The lowest BCUT2D eigenvalue weighted by molar-refractivity contribution is -0.389. The Kier molecular flexibility index (Phi) is 9.12. The van der Waals surface area contributed by atoms with Gasteiger partial charge >= 0.3 is 5.82 Å². The van der Waals surface area contributed by atoms with E-state index in [-0.39, 0.29) is 17.5 Å². The SMILES string of the molecule is Cc1[nH]c([N+](=O)[O-])c(C)c1-c1ccnc(Nc2ccc(F)cc2)n1.Cc1cn(C)c(C)c1-c1ccnc(Nc2ccc(F)cc2)n1. The molecule has 0 bridgehead atoms. The van der Waals surface area contributed by atoms with Crippen molar-refractivity contribution >= 4 is 29.1 Å². The van der Waals surface area contributed by atoms with Gasteiger partial charge in [0.15, 0.2) is 0 Å². The summed E-state index contributed by atoms with van der Waals surface area (Å²) in [7, 11) is 2.02. The van der Waals surface area contributed by atoms with Gasteiger partial charge in [-0.3, -0.25) is 0 Å². The Hall–Kier alpha value is -5.98. The number of nitrogens with zero attached hydrogens (tertiary/aromatic N) is 6. The average molecular weight is 624 g/mol. The predicted octanol–water partition coefficient (Wildman–Crippen LogP) is 7.86. The van der Waals surface area contributed by atoms with E-state index in [0.717, 1.165) is 22.6 Å². The molecule has 6 aromatic rings. The van der Waals surface area contributed by atoms with Gasteiger partial charge in [-0.25, -0.2) is 33.7 Å². The van der Waals surface area contributed by atoms with Crippen LogP contribution in [0.4, 0.5) is 37.9 Å². The lowest BCUT2D eigenvalue weighted by Crippen LogP contribution is -1.99. The Morgan fingerprint density at radius 2 is 1.24 bits per heavy atom. The number of nitro groups is 1. The standard InChI is InChI=1S/C17H17FN4.C16H14FN5O2/c1-11-10-22(3)12(2)16(11)15-8-9-19-17(21-15)20-14-6-4-13(18)5-7-14;1-9-14(10(2)19-15(9)22(23)24)13-7-8-18-16(21-13)20-12-5-3-11(17)4-6-12/h4-10H,1-3H3,(H,19,20,21);3-8,19H,1-2H3,(H,18,20,21). The fourth-order valence-corrected chi connectivity index (χ4v) is 5.04. The van der Waals surface area contributed by atoms with E-state index in [1.165, 1.54) is 29.8 Å². The third-order valence-electron chi connectivity index (χ3n) is 7.29. The molecule has 0 aliphatic carbocycles. The maximum absolute atomic E-state index is 12.9. The summed E-state index contributed by atoms with van der Waals surface area (Å²) in [5.74, 6) is 0.166. The van der Waals surface area contributed by atoms with Gasteiger partial charge in [-0.15, -0.1) is 0 Å². The number of rotatable bonds is 7. The summed E-state index contributed by atoms with van der Waals surface area (Å²) in [6, 6.07) is 15.5. The van der Waals surface area contributed by atoms with Gasteiger partial charge in [0.25, 0.3) is 0 Å². The quantitative estimate of drug-likeness (QED) is 0.121. The molecule has 0 unspecified atom stereocenters. The number of halogens is 2. The van der Waals surface area contributed by atoms with Crippen molar-refractivity contribution in [2.24, 2.45) is 7.05 Å². The van der Waals surface area contributed by atoms with Gasteiger partial charge < -0.3 is 25.3 Å². The molecule has 4 heterocycles. The Morgan fingerprint density at radius 3 is 1.65 bits per heavy atom. The summed E-state index contributed by atoms with van der Waals surface area (Å²) in [6.45, 7) is 7.56. The summed E-state index contributed by atoms with van der Waals surface area (Å²) in [5.41, 5.74) is 8.12. The number of hydrogen-bond donors (Lipinski definition) is 3. The van der Waals surface area contributed by atoms with E-state index in [2.05, 4.69) is 60.2 Å². The van der Waals surface area contributed by atoms with Crippen molar-refractivity contribution in [2.75, 3.05) is 10.6 Å². The molecule has 0 aliphatic rings. The van der Waals surface area contributed by atoms with Crippen molar-refractivity contribution in [3.05, 3.63) is 124 Å². The minimum atomic E-state index is -0.454. The van der Waals surface area contributed by atoms with E-state index < -0.39 is 4.92 Å². The molecular formula is C33H31F2N9O2. The highest BCUT2D eigenvalue weighted by atomic mass is 19.1. The van der Waals surface area contributed by atoms with E-state index >= 15 is 0 Å². The molecule has 2 aromatic carbocycles. The fraction of sp³-hybridized carbons (Fsp3) is 0.152. The number of aryl methyl sites for hydroxylation is 3. The van der Waals surface area contributed by atoms with Crippen LogP contribution in [-0.4, -0.2) is 34.4 Å². The first-order valence-corrected chi connectivity index (χ1v) is 14.2. The summed E-state index contributed by atoms with van der Waals surface area (Å²) in [6.07, 6.45) is 5.37. The molecule has 13 heteroatoms. The molecular weight excluding hydrogens is 592 g/mol. The number of aromatic amines is 1. The zero-order valence-electron chi connectivity index (χ0n) is 25.8. The molecule has 0 saturated heterocycles. The molecule has 0 saturated carbocycles. The van der Waals surface area contributed by atoms with Crippen LogP contribution in [0.15, 0.2) is 79.3 Å². The Balaban J connectivity index is 0.000000182. The first kappa shape index (κ1) is 31.4. The molecule has 0 atom stereocenters. The van der Waals surface area contributed by atoms with Gasteiger partial charge in [0.05, 0.1) is 22.5 Å². The van der Waals surface area contributed by atoms with Gasteiger partial charge in [-0.2, -0.15) is 0 Å². The van der Waals surface area contributed by atoms with E-state index in [4.69, 9.17) is 0 Å². The molecule has 0 fully saturated rings. The van der Waals surface area contributed by atoms with Crippen LogP contribution in [-0.2, 0) is 7.05 Å². The zero-order valence-corrected chi connectivity index (χ0v) is 25.8. The van der Waals surface area contributed by atoms with E-state index in [1.54, 1.807) is 56.6 Å². The van der Waals surface area contributed by atoms with Gasteiger partial charge in [0.1, 0.15) is 17.3 Å². The summed E-state index contributed by atoms with van der Waals surface area (Å²) >= 11 is 0. The Bertz CT molecular complexity index is 2000. The number of hydrogen-bond acceptors (Lipinski definition) is 8. The third-order valence-corrected chi connectivity index (χ3v) is 7.29. The maximum atomic E-state index is 12.9. The minimum absolute atomic E-state index is 0.0471. The van der Waals surface area contributed by atoms with Crippen molar-refractivity contribution in [1.82, 2.24) is 29.5 Å². The monoisotopic (exact) mass is 623 g/mol. The Morgan fingerprint density at radius 1 is 0.761 bits per heavy atom. The lowest BCUT2D eigenvalue weighted by Gasteiger charge is -2.07. The second-order valence-corrected chi connectivity index (χ2v) is 10.5. The highest BCUT2D eigenvalue weighted by Gasteiger charge is 2.22. The first-order valence-electron chi connectivity index (χ1n) is 14.2. The molecule has 4 aromatic heterocycles. The number of anilines is 4. The van der Waals surface area contributed by atoms with Crippen molar-refractivity contribution in [1.29, 1.82) is 0 Å². The molecule has 11 nitrogen and oxygen atoms in total. The van der Waals surface area contributed by atoms with E-state index in [1.807, 2.05) is 13.1 Å². The maximum Gasteiger partial charge on any atom is 0.324 e. The largest absolute Gasteiger partial charge is 0.358 e. The number of nitrogens with one attached hydrogen (secondary N) is 3. The van der Waals surface area contributed by atoms with Crippen molar-refractivity contribution in [3.63, 3.8) is 0 Å². The molecule has 0 radical (unpaired) electrons. The van der Waals surface area contributed by atoms with Crippen LogP contribution in [0.3, 0.4) is 0 Å². The zero-order chi connectivity index (χ0) is 33.0. The number of H-pyrrole nitrogens is 1. The topological polar surface area (TPSA) is 139 Å². The van der Waals surface area contributed by atoms with Crippen LogP contribution < -0.4 is 10.6 Å². The van der Waals surface area contributed by atoms with Crippen LogP contribution in [0.5, 0.6) is 0 Å². The Labute approximate surface area is 263 Å². The van der Waals surface area contributed by atoms with Crippen molar-refractivity contribution < 1.29 is 13.7 Å². The number of benzene rings is 2. The summed E-state index contributed by atoms with van der Waals surface area (Å²) in [5, 5.41) is 17.1. The summed E-state index contributed by atoms with van der Waals surface area (Å²) < 4.78 is 28.0. The van der Waals surface area contributed by atoms with Crippen LogP contribution in [0.2, 0.25) is 0 Å². The van der Waals surface area contributed by atoms with Crippen molar-refractivity contribution in [3.8, 4) is 22.5 Å². The van der Waals surface area contributed by atoms with Crippen LogP contribution in [0.25, 0.3) is 22.5 Å². The molecule has 0 amide bonds. The summed E-state index contributed by atoms with van der Waals surface area (Å²) in [4.78, 5) is 30.7. The highest BCUT2D eigenvalue weighted by molar-refractivity contribution is 5.72. The average Bonchev–Trinajstić information content (AvgIpc) is 3.47. The van der Waals surface area contributed by atoms with E-state index in [0.29, 0.717) is 40.1 Å². The molecule has 6 rings (SSSR count). The molecule has 0 spiro atoms. The molecule has 3 N–H and O–H groups in total. The fourth-order valence-electron chi connectivity index (χ4n) is 5.04. The van der Waals surface area contributed by atoms with Gasteiger partial charge in [0, 0.05) is 48.3 Å². The van der Waals surface area contributed by atoms with Gasteiger partial charge in [0.2, 0.25) is 11.9 Å². The molecule has 234 valence electrons. The molecule has 0 aliphatic heterocycles. The van der Waals surface area contributed by atoms with Crippen LogP contribution >= 0.6 is 0 Å². The van der Waals surface area contributed by atoms with E-state index in [9.17, 15) is 18.9 Å². The van der Waals surface area contributed by atoms with Crippen LogP contribution in [0, 0.1) is 49.4 Å². The number of aromatic nitrogens is 6. The van der Waals surface area contributed by atoms with Gasteiger partial charge in [-0.05, 0) is 98.8 Å². The normalized spacial score (nSPS) is 10.7. The predicted molar refractivity (Wildman–Crippen MR) is 173 cm³/mol. The van der Waals surface area contributed by atoms with Crippen LogP contribution in [0.1, 0.15) is 22.5 Å². The molecule has 46 heavy (non-hydrogen) atoms. The third kappa shape index (κ3) is 7.04. The van der Waals surface area contributed by atoms with Crippen molar-refractivity contribution in [2.45, 2.75) is 27.7 Å². The lowest BCUT2D eigenvalue weighted by atomic mass is 10.1. The minimum Gasteiger partial charge on any atom is -0.358 e. The smallest absolute Gasteiger partial charge is 0.324 e. The van der Waals surface area contributed by atoms with Gasteiger partial charge in [-0.1, -0.05) is 0 Å². The second kappa shape index (κ2) is 13.3. The second-order valence-electron chi connectivity index (χ2n) is 10.5.